The first-order valence-corrected chi connectivity index (χ1v) is 8.82. The molecule has 140 valence electrons. The molecule has 1 aliphatic rings. The molecule has 6 heteroatoms. The molecule has 1 saturated heterocycles. The van der Waals surface area contributed by atoms with E-state index in [0.717, 1.165) is 31.8 Å². The fourth-order valence-electron chi connectivity index (χ4n) is 3.31. The van der Waals surface area contributed by atoms with E-state index in [0.29, 0.717) is 11.5 Å². The second kappa shape index (κ2) is 8.21. The molecule has 0 radical (unpaired) electrons. The van der Waals surface area contributed by atoms with E-state index in [-0.39, 0.29) is 18.4 Å². The summed E-state index contributed by atoms with van der Waals surface area (Å²) >= 11 is 0. The van der Waals surface area contributed by atoms with Gasteiger partial charge in [-0.3, -0.25) is 4.79 Å². The quantitative estimate of drug-likeness (QED) is 0.773. The van der Waals surface area contributed by atoms with Crippen LogP contribution in [0.3, 0.4) is 0 Å². The number of benzene rings is 1. The number of carbonyl (C=O) groups is 1. The van der Waals surface area contributed by atoms with Crippen LogP contribution in [0.15, 0.2) is 24.3 Å². The lowest BCUT2D eigenvalue weighted by Gasteiger charge is -2.34. The van der Waals surface area contributed by atoms with Gasteiger partial charge in [-0.2, -0.15) is 13.2 Å². The summed E-state index contributed by atoms with van der Waals surface area (Å²) in [6.07, 6.45) is -1.82. The number of hydrogen-bond donors (Lipinski definition) is 0. The van der Waals surface area contributed by atoms with Crippen LogP contribution in [-0.2, 0) is 17.4 Å². The Kier molecular flexibility index (Phi) is 6.49. The average Bonchev–Trinajstić information content (AvgIpc) is 3.04. The highest BCUT2D eigenvalue weighted by Crippen LogP contribution is 2.29. The summed E-state index contributed by atoms with van der Waals surface area (Å²) in [7, 11) is 1.80. The van der Waals surface area contributed by atoms with Gasteiger partial charge in [0.1, 0.15) is 0 Å². The summed E-state index contributed by atoms with van der Waals surface area (Å²) in [6, 6.07) is 4.96. The van der Waals surface area contributed by atoms with Gasteiger partial charge in [-0.1, -0.05) is 26.0 Å². The van der Waals surface area contributed by atoms with Crippen molar-refractivity contribution in [3.63, 3.8) is 0 Å². The molecule has 1 amide bonds. The Labute approximate surface area is 147 Å². The minimum absolute atomic E-state index is 0.0577. The van der Waals surface area contributed by atoms with E-state index in [9.17, 15) is 18.0 Å². The number of likely N-dealkylation sites (tertiary alicyclic amines) is 1. The summed E-state index contributed by atoms with van der Waals surface area (Å²) in [6.45, 7) is 7.20. The maximum Gasteiger partial charge on any atom is 0.416 e. The number of carbonyl (C=O) groups excluding carboxylic acids is 1. The van der Waals surface area contributed by atoms with Crippen molar-refractivity contribution in [3.05, 3.63) is 35.4 Å². The van der Waals surface area contributed by atoms with Gasteiger partial charge >= 0.3 is 6.18 Å². The van der Waals surface area contributed by atoms with E-state index >= 15 is 0 Å². The maximum atomic E-state index is 12.6. The predicted octanol–water partition coefficient (Wildman–Crippen LogP) is 3.83. The van der Waals surface area contributed by atoms with Gasteiger partial charge in [-0.25, -0.2) is 0 Å². The molecule has 0 bridgehead atoms. The number of hydrogen-bond acceptors (Lipinski definition) is 2. The summed E-state index contributed by atoms with van der Waals surface area (Å²) < 4.78 is 37.9. The summed E-state index contributed by atoms with van der Waals surface area (Å²) in [4.78, 5) is 16.7. The van der Waals surface area contributed by atoms with E-state index in [1.54, 1.807) is 11.9 Å². The smallest absolute Gasteiger partial charge is 0.341 e. The number of halogens is 3. The molecule has 25 heavy (non-hydrogen) atoms. The van der Waals surface area contributed by atoms with Crippen molar-refractivity contribution in [2.45, 2.75) is 45.3 Å². The van der Waals surface area contributed by atoms with Crippen LogP contribution >= 0.6 is 0 Å². The molecule has 1 aliphatic heterocycles. The van der Waals surface area contributed by atoms with E-state index in [2.05, 4.69) is 18.7 Å². The van der Waals surface area contributed by atoms with Crippen LogP contribution in [0.1, 0.15) is 37.8 Å². The van der Waals surface area contributed by atoms with Gasteiger partial charge < -0.3 is 9.80 Å². The molecule has 0 N–H and O–H groups in total. The van der Waals surface area contributed by atoms with Gasteiger partial charge in [0.25, 0.3) is 0 Å². The largest absolute Gasteiger partial charge is 0.416 e. The molecule has 1 heterocycles. The second-order valence-electron chi connectivity index (χ2n) is 7.20. The lowest BCUT2D eigenvalue weighted by atomic mass is 10.0. The monoisotopic (exact) mass is 356 g/mol. The molecule has 0 aliphatic carbocycles. The standard InChI is InChI=1S/C19H27F3N2O/c1-14(2)17(13-24-10-4-5-11-24)23(3)18(25)12-15-6-8-16(9-7-15)19(20,21)22/h6-9,14,17H,4-5,10-13H2,1-3H3/t17-/m1/s1. The summed E-state index contributed by atoms with van der Waals surface area (Å²) in [5, 5.41) is 0. The first kappa shape index (κ1) is 19.8. The molecule has 0 spiro atoms. The van der Waals surface area contributed by atoms with Crippen molar-refractivity contribution >= 4 is 5.91 Å². The number of likely N-dealkylation sites (N-methyl/N-ethyl adjacent to an activating group) is 1. The molecular formula is C19H27F3N2O. The highest BCUT2D eigenvalue weighted by atomic mass is 19.4. The Morgan fingerprint density at radius 2 is 1.72 bits per heavy atom. The third kappa shape index (κ3) is 5.46. The Balaban J connectivity index is 1.99. The molecule has 3 nitrogen and oxygen atoms in total. The minimum Gasteiger partial charge on any atom is -0.341 e. The molecule has 2 rings (SSSR count). The van der Waals surface area contributed by atoms with Gasteiger partial charge in [0.2, 0.25) is 5.91 Å². The van der Waals surface area contributed by atoms with Crippen molar-refractivity contribution in [3.8, 4) is 0 Å². The molecule has 1 fully saturated rings. The van der Waals surface area contributed by atoms with Gasteiger partial charge in [0.15, 0.2) is 0 Å². The van der Waals surface area contributed by atoms with Crippen molar-refractivity contribution in [2.24, 2.45) is 5.92 Å². The fourth-order valence-corrected chi connectivity index (χ4v) is 3.31. The van der Waals surface area contributed by atoms with Gasteiger partial charge in [-0.15, -0.1) is 0 Å². The summed E-state index contributed by atoms with van der Waals surface area (Å²) in [5.74, 6) is 0.264. The van der Waals surface area contributed by atoms with Crippen molar-refractivity contribution in [2.75, 3.05) is 26.7 Å². The first-order valence-electron chi connectivity index (χ1n) is 8.82. The number of nitrogens with zero attached hydrogens (tertiary/aromatic N) is 2. The van der Waals surface area contributed by atoms with Crippen molar-refractivity contribution in [1.29, 1.82) is 0 Å². The van der Waals surface area contributed by atoms with E-state index in [4.69, 9.17) is 0 Å². The molecule has 1 aromatic carbocycles. The zero-order valence-corrected chi connectivity index (χ0v) is 15.1. The maximum absolute atomic E-state index is 12.6. The molecule has 0 saturated carbocycles. The third-order valence-corrected chi connectivity index (χ3v) is 4.94. The lowest BCUT2D eigenvalue weighted by molar-refractivity contribution is -0.137. The van der Waals surface area contributed by atoms with Crippen molar-refractivity contribution in [1.82, 2.24) is 9.80 Å². The van der Waals surface area contributed by atoms with Crippen molar-refractivity contribution < 1.29 is 18.0 Å². The highest BCUT2D eigenvalue weighted by Gasteiger charge is 2.30. The number of amides is 1. The number of alkyl halides is 3. The average molecular weight is 356 g/mol. The number of rotatable bonds is 6. The van der Waals surface area contributed by atoms with Crippen LogP contribution in [0.2, 0.25) is 0 Å². The van der Waals surface area contributed by atoms with E-state index in [1.165, 1.54) is 25.0 Å². The lowest BCUT2D eigenvalue weighted by Crippen LogP contribution is -2.47. The van der Waals surface area contributed by atoms with E-state index < -0.39 is 11.7 Å². The first-order chi connectivity index (χ1) is 11.7. The van der Waals surface area contributed by atoms with Crippen LogP contribution < -0.4 is 0 Å². The van der Waals surface area contributed by atoms with Crippen LogP contribution in [0.4, 0.5) is 13.2 Å². The normalized spacial score (nSPS) is 17.1. The SMILES string of the molecule is CC(C)[C@@H](CN1CCCC1)N(C)C(=O)Cc1ccc(C(F)(F)F)cc1. The minimum atomic E-state index is -4.35. The zero-order valence-electron chi connectivity index (χ0n) is 15.1. The van der Waals surface area contributed by atoms with Gasteiger partial charge in [0.05, 0.1) is 12.0 Å². The Bertz CT molecular complexity index is 563. The summed E-state index contributed by atoms with van der Waals surface area (Å²) in [5.41, 5.74) is -0.0836. The Morgan fingerprint density at radius 1 is 1.16 bits per heavy atom. The Hall–Kier alpha value is -1.56. The topological polar surface area (TPSA) is 23.6 Å². The predicted molar refractivity (Wildman–Crippen MR) is 92.2 cm³/mol. The van der Waals surface area contributed by atoms with Crippen LogP contribution in [0.25, 0.3) is 0 Å². The third-order valence-electron chi connectivity index (χ3n) is 4.94. The van der Waals surface area contributed by atoms with Gasteiger partial charge in [-0.05, 0) is 49.5 Å². The Morgan fingerprint density at radius 3 is 2.20 bits per heavy atom. The molecular weight excluding hydrogens is 329 g/mol. The van der Waals surface area contributed by atoms with Crippen LogP contribution in [0, 0.1) is 5.92 Å². The van der Waals surface area contributed by atoms with E-state index in [1.807, 2.05) is 0 Å². The highest BCUT2D eigenvalue weighted by molar-refractivity contribution is 5.78. The van der Waals surface area contributed by atoms with Crippen LogP contribution in [-0.4, -0.2) is 48.4 Å². The molecule has 0 aromatic heterocycles. The fraction of sp³-hybridized carbons (Fsp3) is 0.632. The molecule has 0 unspecified atom stereocenters. The van der Waals surface area contributed by atoms with Gasteiger partial charge in [0, 0.05) is 19.6 Å². The zero-order chi connectivity index (χ0) is 18.6. The van der Waals surface area contributed by atoms with Crippen LogP contribution in [0.5, 0.6) is 0 Å². The molecule has 1 aromatic rings. The molecule has 1 atom stereocenters. The second-order valence-corrected chi connectivity index (χ2v) is 7.20.